The van der Waals surface area contributed by atoms with E-state index < -0.39 is 12.1 Å². The summed E-state index contributed by atoms with van der Waals surface area (Å²) in [7, 11) is 2.25. The molecule has 0 saturated carbocycles. The van der Waals surface area contributed by atoms with Crippen LogP contribution in [0.25, 0.3) is 0 Å². The molecule has 0 amide bonds. The van der Waals surface area contributed by atoms with Crippen molar-refractivity contribution in [2.24, 2.45) is 5.92 Å². The molecule has 0 fully saturated rings. The molecular formula is C7H12F3P. The summed E-state index contributed by atoms with van der Waals surface area (Å²) in [6, 6.07) is 0. The molecular weight excluding hydrogens is 172 g/mol. The minimum Gasteiger partial charge on any atom is -0.170 e. The fraction of sp³-hybridized carbons (Fsp3) is 0.714. The van der Waals surface area contributed by atoms with Crippen molar-refractivity contribution >= 4 is 9.24 Å². The summed E-state index contributed by atoms with van der Waals surface area (Å²) in [5.41, 5.74) is 0. The average molecular weight is 184 g/mol. The van der Waals surface area contributed by atoms with Crippen molar-refractivity contribution in [1.29, 1.82) is 0 Å². The summed E-state index contributed by atoms with van der Waals surface area (Å²) in [6.45, 7) is 3.17. The van der Waals surface area contributed by atoms with Crippen LogP contribution in [0.2, 0.25) is 0 Å². The van der Waals surface area contributed by atoms with E-state index in [0.717, 1.165) is 0 Å². The van der Waals surface area contributed by atoms with E-state index in [-0.39, 0.29) is 6.42 Å². The van der Waals surface area contributed by atoms with Crippen molar-refractivity contribution in [1.82, 2.24) is 0 Å². The molecule has 1 unspecified atom stereocenters. The Morgan fingerprint density at radius 2 is 2.00 bits per heavy atom. The van der Waals surface area contributed by atoms with Gasteiger partial charge in [0.1, 0.15) is 0 Å². The van der Waals surface area contributed by atoms with Gasteiger partial charge in [-0.15, -0.1) is 9.24 Å². The van der Waals surface area contributed by atoms with Crippen LogP contribution in [0, 0.1) is 5.92 Å². The molecule has 0 spiro atoms. The zero-order valence-corrected chi connectivity index (χ0v) is 7.73. The Hall–Kier alpha value is -0.0400. The number of allylic oxidation sites excluding steroid dienone is 2. The van der Waals surface area contributed by atoms with Gasteiger partial charge >= 0.3 is 6.18 Å². The molecule has 0 N–H and O–H groups in total. The molecule has 0 aliphatic heterocycles. The Balaban J connectivity index is 4.31. The molecule has 2 atom stereocenters. The van der Waals surface area contributed by atoms with Gasteiger partial charge in [-0.3, -0.25) is 0 Å². The predicted octanol–water partition coefficient (Wildman–Crippen LogP) is 3.35. The monoisotopic (exact) mass is 184 g/mol. The maximum absolute atomic E-state index is 12.0. The summed E-state index contributed by atoms with van der Waals surface area (Å²) in [4.78, 5) is 0. The number of hydrogen-bond donors (Lipinski definition) is 0. The van der Waals surface area contributed by atoms with Crippen LogP contribution >= 0.6 is 9.24 Å². The van der Waals surface area contributed by atoms with Crippen LogP contribution in [0.4, 0.5) is 13.2 Å². The number of alkyl halides is 3. The van der Waals surface area contributed by atoms with E-state index in [2.05, 4.69) is 9.24 Å². The molecule has 0 aliphatic rings. The Morgan fingerprint density at radius 3 is 2.09 bits per heavy atom. The fourth-order valence-electron chi connectivity index (χ4n) is 0.761. The molecule has 4 heteroatoms. The summed E-state index contributed by atoms with van der Waals surface area (Å²) < 4.78 is 36.1. The Morgan fingerprint density at radius 1 is 1.55 bits per heavy atom. The maximum Gasteiger partial charge on any atom is 0.395 e. The minimum absolute atomic E-state index is 0.106. The van der Waals surface area contributed by atoms with Crippen LogP contribution in [0.3, 0.4) is 0 Å². The lowest BCUT2D eigenvalue weighted by Gasteiger charge is -2.14. The van der Waals surface area contributed by atoms with Gasteiger partial charge < -0.3 is 0 Å². The summed E-state index contributed by atoms with van der Waals surface area (Å²) >= 11 is 0. The highest BCUT2D eigenvalue weighted by Crippen LogP contribution is 2.31. The lowest BCUT2D eigenvalue weighted by Crippen LogP contribution is -2.20. The lowest BCUT2D eigenvalue weighted by atomic mass is 10.1. The predicted molar refractivity (Wildman–Crippen MR) is 43.3 cm³/mol. The van der Waals surface area contributed by atoms with E-state index in [0.29, 0.717) is 5.31 Å². The first kappa shape index (κ1) is 11.0. The topological polar surface area (TPSA) is 0 Å². The van der Waals surface area contributed by atoms with Crippen molar-refractivity contribution in [2.45, 2.75) is 26.4 Å². The van der Waals surface area contributed by atoms with Gasteiger partial charge in [0, 0.05) is 0 Å². The zero-order valence-electron chi connectivity index (χ0n) is 6.57. The van der Waals surface area contributed by atoms with Crippen molar-refractivity contribution in [3.8, 4) is 0 Å². The minimum atomic E-state index is -4.09. The largest absolute Gasteiger partial charge is 0.395 e. The third kappa shape index (κ3) is 4.41. The molecule has 0 rings (SSSR count). The molecule has 0 bridgehead atoms. The van der Waals surface area contributed by atoms with Crippen LogP contribution in [0.1, 0.15) is 20.3 Å². The van der Waals surface area contributed by atoms with Crippen molar-refractivity contribution in [3.63, 3.8) is 0 Å². The van der Waals surface area contributed by atoms with E-state index in [1.807, 2.05) is 0 Å². The second kappa shape index (κ2) is 4.10. The Bertz CT molecular complexity index is 144. The quantitative estimate of drug-likeness (QED) is 0.577. The molecule has 0 aromatic rings. The van der Waals surface area contributed by atoms with E-state index >= 15 is 0 Å². The highest BCUT2D eigenvalue weighted by molar-refractivity contribution is 7.22. The van der Waals surface area contributed by atoms with Crippen LogP contribution in [0.15, 0.2) is 11.4 Å². The van der Waals surface area contributed by atoms with Gasteiger partial charge in [-0.1, -0.05) is 18.3 Å². The number of hydrogen-bond acceptors (Lipinski definition) is 0. The van der Waals surface area contributed by atoms with Gasteiger partial charge in [0.05, 0.1) is 5.92 Å². The van der Waals surface area contributed by atoms with Gasteiger partial charge in [0.25, 0.3) is 0 Å². The third-order valence-corrected chi connectivity index (χ3v) is 1.52. The Labute approximate surface area is 67.1 Å². The van der Waals surface area contributed by atoms with E-state index in [1.165, 1.54) is 13.0 Å². The van der Waals surface area contributed by atoms with Crippen molar-refractivity contribution < 1.29 is 13.2 Å². The van der Waals surface area contributed by atoms with Crippen LogP contribution in [0.5, 0.6) is 0 Å². The van der Waals surface area contributed by atoms with Crippen molar-refractivity contribution in [2.75, 3.05) is 0 Å². The molecule has 0 aliphatic carbocycles. The van der Waals surface area contributed by atoms with Gasteiger partial charge in [0.2, 0.25) is 0 Å². The van der Waals surface area contributed by atoms with Gasteiger partial charge in [-0.05, 0) is 13.3 Å². The molecule has 0 aromatic heterocycles. The molecule has 0 saturated heterocycles. The summed E-state index contributed by atoms with van der Waals surface area (Å²) in [6.07, 6.45) is -2.76. The fourth-order valence-corrected chi connectivity index (χ4v) is 0.993. The zero-order chi connectivity index (χ0) is 9.07. The molecule has 0 nitrogen and oxygen atoms in total. The average Bonchev–Trinajstić information content (AvgIpc) is 1.79. The molecule has 0 heterocycles. The summed E-state index contributed by atoms with van der Waals surface area (Å²) in [5.74, 6) is -1.29. The van der Waals surface area contributed by atoms with E-state index in [9.17, 15) is 13.2 Å². The second-order valence-corrected chi connectivity index (χ2v) is 3.38. The summed E-state index contributed by atoms with van der Waals surface area (Å²) in [5, 5.41) is 0.633. The first-order valence-corrected chi connectivity index (χ1v) is 3.96. The SMILES string of the molecule is CC[C@H](/C=C(/C)P)C(F)(F)F. The normalized spacial score (nSPS) is 16.7. The molecule has 0 radical (unpaired) electrons. The van der Waals surface area contributed by atoms with Gasteiger partial charge in [-0.2, -0.15) is 13.2 Å². The van der Waals surface area contributed by atoms with Crippen LogP contribution < -0.4 is 0 Å². The first-order chi connectivity index (χ1) is 4.88. The van der Waals surface area contributed by atoms with Gasteiger partial charge in [0.15, 0.2) is 0 Å². The van der Waals surface area contributed by atoms with Crippen LogP contribution in [-0.4, -0.2) is 6.18 Å². The lowest BCUT2D eigenvalue weighted by molar-refractivity contribution is -0.161. The highest BCUT2D eigenvalue weighted by atomic mass is 31.0. The molecule has 0 aromatic carbocycles. The Kier molecular flexibility index (Phi) is 4.09. The number of halogens is 3. The third-order valence-electron chi connectivity index (χ3n) is 1.32. The maximum atomic E-state index is 12.0. The molecule has 11 heavy (non-hydrogen) atoms. The highest BCUT2D eigenvalue weighted by Gasteiger charge is 2.36. The van der Waals surface area contributed by atoms with Gasteiger partial charge in [-0.25, -0.2) is 0 Å². The van der Waals surface area contributed by atoms with Crippen LogP contribution in [-0.2, 0) is 0 Å². The smallest absolute Gasteiger partial charge is 0.170 e. The van der Waals surface area contributed by atoms with Crippen molar-refractivity contribution in [3.05, 3.63) is 11.4 Å². The standard InChI is InChI=1S/C7H12F3P/c1-3-6(4-5(2)11)7(8,9)10/h4,6H,3,11H2,1-2H3/b5-4-/t6-/m1/s1. The van der Waals surface area contributed by atoms with E-state index in [1.54, 1.807) is 6.92 Å². The first-order valence-electron chi connectivity index (χ1n) is 3.38. The van der Waals surface area contributed by atoms with E-state index in [4.69, 9.17) is 0 Å². The molecule has 66 valence electrons. The second-order valence-electron chi connectivity index (χ2n) is 2.47. The number of rotatable bonds is 2.